The van der Waals surface area contributed by atoms with Gasteiger partial charge in [-0.3, -0.25) is 0 Å². The number of rotatable bonds is 3. The fourth-order valence-electron chi connectivity index (χ4n) is 2.85. The third-order valence-electron chi connectivity index (χ3n) is 4.28. The van der Waals surface area contributed by atoms with Gasteiger partial charge in [0.25, 0.3) is 0 Å². The molecule has 1 N–H and O–H groups in total. The molecule has 6 nitrogen and oxygen atoms in total. The molecule has 0 saturated heterocycles. The summed E-state index contributed by atoms with van der Waals surface area (Å²) in [6, 6.07) is 0. The summed E-state index contributed by atoms with van der Waals surface area (Å²) in [6.45, 7) is 1.49. The zero-order chi connectivity index (χ0) is 14.2. The van der Waals surface area contributed by atoms with E-state index in [9.17, 15) is 4.79 Å². The zero-order valence-corrected chi connectivity index (χ0v) is 11.9. The van der Waals surface area contributed by atoms with Crippen LogP contribution >= 0.6 is 0 Å². The minimum Gasteiger partial charge on any atom is -0.464 e. The van der Waals surface area contributed by atoms with Crippen LogP contribution in [0.4, 0.5) is 0 Å². The summed E-state index contributed by atoms with van der Waals surface area (Å²) in [4.78, 5) is 21.1. The number of carbonyl (C=O) groups is 1. The van der Waals surface area contributed by atoms with E-state index in [1.54, 1.807) is 7.11 Å². The number of methoxy groups -OCH3 is 2. The maximum atomic E-state index is 12.0. The quantitative estimate of drug-likeness (QED) is 0.829. The summed E-state index contributed by atoms with van der Waals surface area (Å²) in [5, 5.41) is 3.27. The Morgan fingerprint density at radius 1 is 1.30 bits per heavy atom. The second-order valence-electron chi connectivity index (χ2n) is 5.29. The van der Waals surface area contributed by atoms with Gasteiger partial charge in [0.1, 0.15) is 5.60 Å². The molecule has 1 aliphatic heterocycles. The first kappa shape index (κ1) is 13.5. The Morgan fingerprint density at radius 3 is 2.70 bits per heavy atom. The van der Waals surface area contributed by atoms with E-state index in [4.69, 9.17) is 9.47 Å². The predicted molar refractivity (Wildman–Crippen MR) is 71.3 cm³/mol. The molecule has 6 heteroatoms. The average molecular weight is 277 g/mol. The van der Waals surface area contributed by atoms with Gasteiger partial charge in [0.05, 0.1) is 12.8 Å². The van der Waals surface area contributed by atoms with Gasteiger partial charge in [-0.1, -0.05) is 0 Å². The first-order valence-electron chi connectivity index (χ1n) is 6.94. The molecule has 1 saturated carbocycles. The predicted octanol–water partition coefficient (Wildman–Crippen LogP) is 0.934. The van der Waals surface area contributed by atoms with Gasteiger partial charge in [-0.25, -0.2) is 14.8 Å². The Labute approximate surface area is 117 Å². The van der Waals surface area contributed by atoms with Crippen LogP contribution in [0, 0.1) is 0 Å². The maximum absolute atomic E-state index is 12.0. The van der Waals surface area contributed by atoms with E-state index in [0.29, 0.717) is 18.1 Å². The van der Waals surface area contributed by atoms with E-state index in [1.807, 2.05) is 0 Å². The van der Waals surface area contributed by atoms with Crippen molar-refractivity contribution in [3.8, 4) is 0 Å². The second kappa shape index (κ2) is 5.10. The number of ether oxygens (including phenoxy) is 2. The summed E-state index contributed by atoms with van der Waals surface area (Å²) in [5.41, 5.74) is 1.78. The van der Waals surface area contributed by atoms with Crippen LogP contribution in [-0.2, 0) is 28.0 Å². The molecule has 3 rings (SSSR count). The van der Waals surface area contributed by atoms with Crippen molar-refractivity contribution in [2.45, 2.75) is 37.8 Å². The summed E-state index contributed by atoms with van der Waals surface area (Å²) < 4.78 is 10.5. The fourth-order valence-corrected chi connectivity index (χ4v) is 2.85. The van der Waals surface area contributed by atoms with Crippen molar-refractivity contribution >= 4 is 5.97 Å². The Morgan fingerprint density at radius 2 is 2.10 bits per heavy atom. The van der Waals surface area contributed by atoms with Crippen LogP contribution in [0.25, 0.3) is 0 Å². The molecule has 2 heterocycles. The molecule has 1 aromatic rings. The molecule has 0 aromatic carbocycles. The molecular weight excluding hydrogens is 258 g/mol. The Bertz CT molecular complexity index is 535. The number of hydrogen-bond donors (Lipinski definition) is 1. The molecule has 1 aliphatic carbocycles. The lowest BCUT2D eigenvalue weighted by atomic mass is 9.79. The highest BCUT2D eigenvalue weighted by Crippen LogP contribution is 2.43. The number of nitrogens with one attached hydrogen (secondary N) is 1. The molecule has 20 heavy (non-hydrogen) atoms. The van der Waals surface area contributed by atoms with Crippen LogP contribution < -0.4 is 5.32 Å². The third-order valence-corrected chi connectivity index (χ3v) is 4.28. The average Bonchev–Trinajstić information content (AvgIpc) is 2.45. The lowest BCUT2D eigenvalue weighted by molar-refractivity contribution is -0.0849. The maximum Gasteiger partial charge on any atom is 0.357 e. The van der Waals surface area contributed by atoms with Crippen LogP contribution in [0.2, 0.25) is 0 Å². The van der Waals surface area contributed by atoms with E-state index < -0.39 is 11.6 Å². The molecule has 1 aromatic heterocycles. The van der Waals surface area contributed by atoms with E-state index >= 15 is 0 Å². The van der Waals surface area contributed by atoms with Crippen molar-refractivity contribution in [3.63, 3.8) is 0 Å². The fraction of sp³-hybridized carbons (Fsp3) is 0.643. The van der Waals surface area contributed by atoms with Crippen molar-refractivity contribution in [1.82, 2.24) is 15.3 Å². The first-order valence-corrected chi connectivity index (χ1v) is 6.94. The highest BCUT2D eigenvalue weighted by molar-refractivity contribution is 5.89. The summed E-state index contributed by atoms with van der Waals surface area (Å²) in [5.74, 6) is 0.228. The number of esters is 1. The van der Waals surface area contributed by atoms with Gasteiger partial charge in [-0.2, -0.15) is 0 Å². The van der Waals surface area contributed by atoms with Gasteiger partial charge in [-0.15, -0.1) is 0 Å². The second-order valence-corrected chi connectivity index (χ2v) is 5.29. The van der Waals surface area contributed by atoms with Crippen LogP contribution in [0.15, 0.2) is 0 Å². The van der Waals surface area contributed by atoms with E-state index in [-0.39, 0.29) is 0 Å². The number of aromatic nitrogens is 2. The number of fused-ring (bicyclic) bond motifs is 1. The highest BCUT2D eigenvalue weighted by Gasteiger charge is 2.43. The van der Waals surface area contributed by atoms with Crippen molar-refractivity contribution in [3.05, 3.63) is 22.8 Å². The smallest absolute Gasteiger partial charge is 0.357 e. The van der Waals surface area contributed by atoms with Crippen LogP contribution in [-0.4, -0.2) is 36.7 Å². The van der Waals surface area contributed by atoms with Gasteiger partial charge in [-0.05, 0) is 32.2 Å². The van der Waals surface area contributed by atoms with Gasteiger partial charge < -0.3 is 14.8 Å². The third kappa shape index (κ3) is 1.99. The van der Waals surface area contributed by atoms with Crippen LogP contribution in [0.3, 0.4) is 0 Å². The molecule has 0 unspecified atom stereocenters. The lowest BCUT2D eigenvalue weighted by Gasteiger charge is -2.39. The number of hydrogen-bond acceptors (Lipinski definition) is 6. The van der Waals surface area contributed by atoms with Gasteiger partial charge in [0.2, 0.25) is 0 Å². The van der Waals surface area contributed by atoms with E-state index in [1.165, 1.54) is 7.11 Å². The molecule has 0 bridgehead atoms. The molecule has 0 amide bonds. The molecule has 0 radical (unpaired) electrons. The summed E-state index contributed by atoms with van der Waals surface area (Å²) in [6.07, 6.45) is 3.65. The standard InChI is InChI=1S/C14H19N3O3/c1-19-12(18)11-9-4-7-15-8-10(9)16-13(17-11)14(20-2)5-3-6-14/h15H,3-8H2,1-2H3. The van der Waals surface area contributed by atoms with Gasteiger partial charge in [0.15, 0.2) is 11.5 Å². The largest absolute Gasteiger partial charge is 0.464 e. The molecule has 1 fully saturated rings. The van der Waals surface area contributed by atoms with Crippen LogP contribution in [0.5, 0.6) is 0 Å². The SMILES string of the molecule is COC(=O)c1nc(C2(OC)CCC2)nc2c1CCNC2. The van der Waals surface area contributed by atoms with Crippen molar-refractivity contribution in [2.75, 3.05) is 20.8 Å². The normalized spacial score (nSPS) is 19.9. The lowest BCUT2D eigenvalue weighted by Crippen LogP contribution is -2.40. The van der Waals surface area contributed by atoms with Gasteiger partial charge >= 0.3 is 5.97 Å². The highest BCUT2D eigenvalue weighted by atomic mass is 16.5. The van der Waals surface area contributed by atoms with Crippen molar-refractivity contribution in [2.24, 2.45) is 0 Å². The number of nitrogens with zero attached hydrogens (tertiary/aromatic N) is 2. The number of carbonyl (C=O) groups excluding carboxylic acids is 1. The minimum absolute atomic E-state index is 0.391. The Hall–Kier alpha value is -1.53. The molecule has 0 spiro atoms. The Balaban J connectivity index is 2.10. The molecule has 2 aliphatic rings. The van der Waals surface area contributed by atoms with Crippen molar-refractivity contribution in [1.29, 1.82) is 0 Å². The first-order chi connectivity index (χ1) is 9.70. The van der Waals surface area contributed by atoms with E-state index in [2.05, 4.69) is 15.3 Å². The monoisotopic (exact) mass is 277 g/mol. The zero-order valence-electron chi connectivity index (χ0n) is 11.9. The molecular formula is C14H19N3O3. The molecule has 0 atom stereocenters. The molecule has 108 valence electrons. The Kier molecular flexibility index (Phi) is 3.43. The van der Waals surface area contributed by atoms with Crippen LogP contribution in [0.1, 0.15) is 46.8 Å². The van der Waals surface area contributed by atoms with Crippen molar-refractivity contribution < 1.29 is 14.3 Å². The van der Waals surface area contributed by atoms with Gasteiger partial charge in [0, 0.05) is 19.2 Å². The van der Waals surface area contributed by atoms with E-state index in [0.717, 1.165) is 43.5 Å². The summed E-state index contributed by atoms with van der Waals surface area (Å²) in [7, 11) is 3.06. The topological polar surface area (TPSA) is 73.3 Å². The minimum atomic E-state index is -0.421. The summed E-state index contributed by atoms with van der Waals surface area (Å²) >= 11 is 0.